The number of hydrogen-bond donors (Lipinski definition) is 1. The van der Waals surface area contributed by atoms with E-state index in [0.29, 0.717) is 28.0 Å². The van der Waals surface area contributed by atoms with Crippen molar-refractivity contribution in [2.45, 2.75) is 13.5 Å². The number of carbonyl (C=O) groups excluding carboxylic acids is 1. The first-order valence-electron chi connectivity index (χ1n) is 9.42. The molecule has 0 amide bonds. The Bertz CT molecular complexity index is 1220. The number of nitrogens with zero attached hydrogens (tertiary/aromatic N) is 2. The highest BCUT2D eigenvalue weighted by atomic mass is 16.5. The Morgan fingerprint density at radius 2 is 1.80 bits per heavy atom. The minimum atomic E-state index is -0.569. The average Bonchev–Trinajstić information content (AvgIpc) is 2.78. The SMILES string of the molecule is COC(=O)c1nc(C)c2nc(-c3cccc(O)c3)ccc2c1OCc1ccccc1. The van der Waals surface area contributed by atoms with Crippen molar-refractivity contribution in [2.75, 3.05) is 7.11 Å². The Morgan fingerprint density at radius 3 is 2.53 bits per heavy atom. The first-order chi connectivity index (χ1) is 14.6. The van der Waals surface area contributed by atoms with Gasteiger partial charge in [0, 0.05) is 10.9 Å². The predicted molar refractivity (Wildman–Crippen MR) is 113 cm³/mol. The van der Waals surface area contributed by atoms with Gasteiger partial charge < -0.3 is 14.6 Å². The van der Waals surface area contributed by atoms with Gasteiger partial charge in [-0.1, -0.05) is 42.5 Å². The summed E-state index contributed by atoms with van der Waals surface area (Å²) in [6, 6.07) is 20.2. The highest BCUT2D eigenvalue weighted by Crippen LogP contribution is 2.33. The molecule has 6 heteroatoms. The largest absolute Gasteiger partial charge is 0.508 e. The molecule has 0 atom stereocenters. The van der Waals surface area contributed by atoms with Crippen molar-refractivity contribution >= 4 is 16.9 Å². The number of esters is 1. The molecule has 0 spiro atoms. The number of aromatic nitrogens is 2. The molecule has 6 nitrogen and oxygen atoms in total. The zero-order valence-electron chi connectivity index (χ0n) is 16.6. The standard InChI is InChI=1S/C24H20N2O4/c1-15-21-19(11-12-20(26-21)17-9-6-10-18(27)13-17)23(22(25-15)24(28)29-2)30-14-16-7-4-3-5-8-16/h3-13,27H,14H2,1-2H3. The number of aryl methyl sites for hydroxylation is 1. The van der Waals surface area contributed by atoms with E-state index in [1.807, 2.05) is 48.5 Å². The van der Waals surface area contributed by atoms with Crippen LogP contribution >= 0.6 is 0 Å². The van der Waals surface area contributed by atoms with Gasteiger partial charge in [0.15, 0.2) is 11.4 Å². The lowest BCUT2D eigenvalue weighted by atomic mass is 10.1. The van der Waals surface area contributed by atoms with Crippen molar-refractivity contribution in [3.05, 3.63) is 83.7 Å². The maximum Gasteiger partial charge on any atom is 0.360 e. The van der Waals surface area contributed by atoms with Crippen LogP contribution in [0.15, 0.2) is 66.7 Å². The molecule has 2 aromatic carbocycles. The number of hydrogen-bond acceptors (Lipinski definition) is 6. The molecule has 30 heavy (non-hydrogen) atoms. The Kier molecular flexibility index (Phi) is 5.30. The number of methoxy groups -OCH3 is 1. The Balaban J connectivity index is 1.83. The molecule has 0 aliphatic rings. The summed E-state index contributed by atoms with van der Waals surface area (Å²) < 4.78 is 10.9. The predicted octanol–water partition coefficient (Wildman–Crippen LogP) is 4.68. The number of pyridine rings is 2. The molecule has 0 unspecified atom stereocenters. The number of benzene rings is 2. The van der Waals surface area contributed by atoms with Crippen molar-refractivity contribution in [2.24, 2.45) is 0 Å². The molecule has 4 rings (SSSR count). The molecule has 0 radical (unpaired) electrons. The van der Waals surface area contributed by atoms with Crippen LogP contribution in [0.3, 0.4) is 0 Å². The maximum absolute atomic E-state index is 12.4. The van der Waals surface area contributed by atoms with Crippen LogP contribution in [0.4, 0.5) is 0 Å². The maximum atomic E-state index is 12.4. The van der Waals surface area contributed by atoms with Crippen molar-refractivity contribution in [1.82, 2.24) is 9.97 Å². The van der Waals surface area contributed by atoms with Crippen LogP contribution in [0, 0.1) is 6.92 Å². The van der Waals surface area contributed by atoms with E-state index in [9.17, 15) is 9.90 Å². The molecule has 0 saturated carbocycles. The van der Waals surface area contributed by atoms with Crippen LogP contribution in [0.2, 0.25) is 0 Å². The van der Waals surface area contributed by atoms with Crippen LogP contribution in [0.1, 0.15) is 21.7 Å². The molecule has 2 aromatic heterocycles. The van der Waals surface area contributed by atoms with Gasteiger partial charge in [0.2, 0.25) is 0 Å². The number of fused-ring (bicyclic) bond motifs is 1. The molecular formula is C24H20N2O4. The van der Waals surface area contributed by atoms with Crippen LogP contribution in [-0.2, 0) is 11.3 Å². The van der Waals surface area contributed by atoms with Gasteiger partial charge in [0.25, 0.3) is 0 Å². The van der Waals surface area contributed by atoms with E-state index in [2.05, 4.69) is 4.98 Å². The van der Waals surface area contributed by atoms with Gasteiger partial charge in [0.1, 0.15) is 12.4 Å². The first kappa shape index (κ1) is 19.4. The molecule has 2 heterocycles. The molecule has 4 aromatic rings. The van der Waals surface area contributed by atoms with Crippen LogP contribution < -0.4 is 4.74 Å². The van der Waals surface area contributed by atoms with Gasteiger partial charge in [-0.2, -0.15) is 0 Å². The molecule has 0 aliphatic carbocycles. The number of phenols is 1. The molecule has 0 aliphatic heterocycles. The quantitative estimate of drug-likeness (QED) is 0.490. The van der Waals surface area contributed by atoms with Gasteiger partial charge in [-0.15, -0.1) is 0 Å². The summed E-state index contributed by atoms with van der Waals surface area (Å²) in [5, 5.41) is 10.4. The highest BCUT2D eigenvalue weighted by molar-refractivity contribution is 5.99. The van der Waals surface area contributed by atoms with Crippen LogP contribution in [-0.4, -0.2) is 28.2 Å². The molecular weight excluding hydrogens is 380 g/mol. The topological polar surface area (TPSA) is 81.5 Å². The van der Waals surface area contributed by atoms with Gasteiger partial charge in [-0.25, -0.2) is 14.8 Å². The normalized spacial score (nSPS) is 10.7. The number of carbonyl (C=O) groups is 1. The zero-order chi connectivity index (χ0) is 21.1. The summed E-state index contributed by atoms with van der Waals surface area (Å²) in [5.41, 5.74) is 3.74. The van der Waals surface area contributed by atoms with Crippen molar-refractivity contribution < 1.29 is 19.4 Å². The third-order valence-corrected chi connectivity index (χ3v) is 4.72. The number of rotatable bonds is 5. The lowest BCUT2D eigenvalue weighted by Gasteiger charge is -2.15. The fraction of sp³-hybridized carbons (Fsp3) is 0.125. The summed E-state index contributed by atoms with van der Waals surface area (Å²) in [5.74, 6) is -0.0708. The Labute approximate surface area is 173 Å². The summed E-state index contributed by atoms with van der Waals surface area (Å²) >= 11 is 0. The number of ether oxygens (including phenoxy) is 2. The fourth-order valence-corrected chi connectivity index (χ4v) is 3.25. The van der Waals surface area contributed by atoms with E-state index < -0.39 is 5.97 Å². The molecule has 0 fully saturated rings. The smallest absolute Gasteiger partial charge is 0.360 e. The number of aromatic hydroxyl groups is 1. The van der Waals surface area contributed by atoms with E-state index in [-0.39, 0.29) is 18.1 Å². The second-order valence-corrected chi connectivity index (χ2v) is 6.78. The second kappa shape index (κ2) is 8.21. The van der Waals surface area contributed by atoms with Crippen molar-refractivity contribution in [1.29, 1.82) is 0 Å². The van der Waals surface area contributed by atoms with Gasteiger partial charge in [-0.3, -0.25) is 0 Å². The fourth-order valence-electron chi connectivity index (χ4n) is 3.25. The zero-order valence-corrected chi connectivity index (χ0v) is 16.6. The van der Waals surface area contributed by atoms with Gasteiger partial charge >= 0.3 is 5.97 Å². The van der Waals surface area contributed by atoms with E-state index in [4.69, 9.17) is 14.5 Å². The number of phenolic OH excluding ortho intramolecular Hbond substituents is 1. The van der Waals surface area contributed by atoms with E-state index >= 15 is 0 Å². The first-order valence-corrected chi connectivity index (χ1v) is 9.42. The van der Waals surface area contributed by atoms with Crippen LogP contribution in [0.5, 0.6) is 11.5 Å². The second-order valence-electron chi connectivity index (χ2n) is 6.78. The monoisotopic (exact) mass is 400 g/mol. The molecule has 150 valence electrons. The highest BCUT2D eigenvalue weighted by Gasteiger charge is 2.21. The van der Waals surface area contributed by atoms with Crippen molar-refractivity contribution in [3.63, 3.8) is 0 Å². The third kappa shape index (κ3) is 3.80. The summed E-state index contributed by atoms with van der Waals surface area (Å²) in [6.45, 7) is 2.06. The Hall–Kier alpha value is -3.93. The third-order valence-electron chi connectivity index (χ3n) is 4.72. The minimum absolute atomic E-state index is 0.116. The molecule has 0 saturated heterocycles. The lowest BCUT2D eigenvalue weighted by Crippen LogP contribution is -2.10. The molecule has 0 bridgehead atoms. The van der Waals surface area contributed by atoms with E-state index in [0.717, 1.165) is 11.1 Å². The molecule has 1 N–H and O–H groups in total. The summed E-state index contributed by atoms with van der Waals surface area (Å²) in [4.78, 5) is 21.5. The van der Waals surface area contributed by atoms with E-state index in [1.165, 1.54) is 7.11 Å². The summed E-state index contributed by atoms with van der Waals surface area (Å²) in [7, 11) is 1.31. The average molecular weight is 400 g/mol. The van der Waals surface area contributed by atoms with Gasteiger partial charge in [0.05, 0.1) is 24.0 Å². The lowest BCUT2D eigenvalue weighted by molar-refractivity contribution is 0.0588. The van der Waals surface area contributed by atoms with Crippen LogP contribution in [0.25, 0.3) is 22.2 Å². The summed E-state index contributed by atoms with van der Waals surface area (Å²) in [6.07, 6.45) is 0. The van der Waals surface area contributed by atoms with Crippen molar-refractivity contribution in [3.8, 4) is 22.8 Å². The minimum Gasteiger partial charge on any atom is -0.508 e. The van der Waals surface area contributed by atoms with E-state index in [1.54, 1.807) is 25.1 Å². The van der Waals surface area contributed by atoms with Gasteiger partial charge in [-0.05, 0) is 36.8 Å². The Morgan fingerprint density at radius 1 is 1.00 bits per heavy atom.